The number of hydrogen-bond donors (Lipinski definition) is 2. The third kappa shape index (κ3) is 5.00. The van der Waals surface area contributed by atoms with Gasteiger partial charge in [-0.15, -0.1) is 11.3 Å². The molecule has 1 fully saturated rings. The minimum Gasteiger partial charge on any atom is -0.469 e. The van der Waals surface area contributed by atoms with E-state index in [0.717, 1.165) is 36.8 Å². The van der Waals surface area contributed by atoms with Gasteiger partial charge in [-0.3, -0.25) is 14.4 Å². The van der Waals surface area contributed by atoms with Crippen LogP contribution >= 0.6 is 11.3 Å². The Balaban J connectivity index is 1.28. The Morgan fingerprint density at radius 2 is 1.77 bits per heavy atom. The monoisotopic (exact) mass is 498 g/mol. The highest BCUT2D eigenvalue weighted by Gasteiger charge is 2.32. The van der Waals surface area contributed by atoms with Crippen LogP contribution in [0.3, 0.4) is 0 Å². The molecule has 9 heteroatoms. The van der Waals surface area contributed by atoms with E-state index in [1.807, 2.05) is 18.2 Å². The van der Waals surface area contributed by atoms with Crippen molar-refractivity contribution in [3.8, 4) is 11.5 Å². The average molecular weight is 499 g/mol. The molecular formula is C26H30N2O6S. The number of ether oxygens (including phenoxy) is 3. The van der Waals surface area contributed by atoms with E-state index in [1.54, 1.807) is 0 Å². The summed E-state index contributed by atoms with van der Waals surface area (Å²) in [6, 6.07) is 5.63. The zero-order valence-electron chi connectivity index (χ0n) is 19.8. The third-order valence-electron chi connectivity index (χ3n) is 7.16. The number of fused-ring (bicyclic) bond motifs is 2. The first-order valence-electron chi connectivity index (χ1n) is 12.2. The third-order valence-corrected chi connectivity index (χ3v) is 8.36. The predicted octanol–water partition coefficient (Wildman–Crippen LogP) is 4.20. The largest absolute Gasteiger partial charge is 0.469 e. The molecule has 1 saturated carbocycles. The summed E-state index contributed by atoms with van der Waals surface area (Å²) in [7, 11) is 1.40. The predicted molar refractivity (Wildman–Crippen MR) is 131 cm³/mol. The SMILES string of the molecule is COC(=O)C1CCC(C(=O)Nc2sc3c(c2C(=O)NCc2ccc4c(c2)OCO4)CCCC3)CC1. The molecule has 1 aromatic carbocycles. The van der Waals surface area contributed by atoms with Crippen molar-refractivity contribution in [1.82, 2.24) is 5.32 Å². The van der Waals surface area contributed by atoms with Gasteiger partial charge in [-0.05, 0) is 74.6 Å². The molecule has 2 N–H and O–H groups in total. The van der Waals surface area contributed by atoms with Crippen LogP contribution in [-0.2, 0) is 33.7 Å². The molecule has 8 nitrogen and oxygen atoms in total. The second kappa shape index (κ2) is 10.3. The maximum Gasteiger partial charge on any atom is 0.308 e. The summed E-state index contributed by atoms with van der Waals surface area (Å²) >= 11 is 1.53. The van der Waals surface area contributed by atoms with Crippen molar-refractivity contribution in [1.29, 1.82) is 0 Å². The van der Waals surface area contributed by atoms with Crippen LogP contribution in [0.5, 0.6) is 11.5 Å². The van der Waals surface area contributed by atoms with Crippen LogP contribution in [0.1, 0.15) is 64.9 Å². The van der Waals surface area contributed by atoms with Crippen molar-refractivity contribution in [3.05, 3.63) is 39.8 Å². The van der Waals surface area contributed by atoms with Gasteiger partial charge in [0.25, 0.3) is 5.91 Å². The number of anilines is 1. The first-order valence-corrected chi connectivity index (χ1v) is 13.0. The van der Waals surface area contributed by atoms with E-state index in [-0.39, 0.29) is 36.4 Å². The Hall–Kier alpha value is -3.07. The van der Waals surface area contributed by atoms with Crippen molar-refractivity contribution in [2.75, 3.05) is 19.2 Å². The maximum absolute atomic E-state index is 13.4. The smallest absolute Gasteiger partial charge is 0.308 e. The van der Waals surface area contributed by atoms with E-state index >= 15 is 0 Å². The van der Waals surface area contributed by atoms with Gasteiger partial charge >= 0.3 is 5.97 Å². The highest BCUT2D eigenvalue weighted by molar-refractivity contribution is 7.17. The number of thiophene rings is 1. The van der Waals surface area contributed by atoms with Crippen LogP contribution in [0.2, 0.25) is 0 Å². The van der Waals surface area contributed by atoms with Gasteiger partial charge in [-0.25, -0.2) is 0 Å². The second-order valence-electron chi connectivity index (χ2n) is 9.35. The fourth-order valence-electron chi connectivity index (χ4n) is 5.19. The van der Waals surface area contributed by atoms with Crippen LogP contribution < -0.4 is 20.1 Å². The lowest BCUT2D eigenvalue weighted by atomic mass is 9.81. The van der Waals surface area contributed by atoms with Gasteiger partial charge in [-0.1, -0.05) is 6.07 Å². The van der Waals surface area contributed by atoms with Crippen molar-refractivity contribution in [3.63, 3.8) is 0 Å². The summed E-state index contributed by atoms with van der Waals surface area (Å²) in [5.41, 5.74) is 2.58. The van der Waals surface area contributed by atoms with Gasteiger partial charge in [0.1, 0.15) is 5.00 Å². The number of carbonyl (C=O) groups is 3. The van der Waals surface area contributed by atoms with E-state index in [0.29, 0.717) is 54.3 Å². The number of esters is 1. The topological polar surface area (TPSA) is 103 Å². The van der Waals surface area contributed by atoms with Gasteiger partial charge in [0.2, 0.25) is 12.7 Å². The molecule has 2 aromatic rings. The zero-order valence-corrected chi connectivity index (χ0v) is 20.6. The maximum atomic E-state index is 13.4. The molecule has 186 valence electrons. The van der Waals surface area contributed by atoms with Gasteiger partial charge < -0.3 is 24.8 Å². The van der Waals surface area contributed by atoms with Gasteiger partial charge in [0, 0.05) is 17.3 Å². The van der Waals surface area contributed by atoms with Crippen LogP contribution in [0, 0.1) is 11.8 Å². The van der Waals surface area contributed by atoms with E-state index in [1.165, 1.54) is 23.3 Å². The minimum atomic E-state index is -0.198. The molecule has 0 saturated heterocycles. The molecule has 0 unspecified atom stereocenters. The minimum absolute atomic E-state index is 0.0725. The first kappa shape index (κ1) is 23.7. The van der Waals surface area contributed by atoms with Gasteiger partial charge in [0.15, 0.2) is 11.5 Å². The summed E-state index contributed by atoms with van der Waals surface area (Å²) in [4.78, 5) is 39.5. The molecule has 3 aliphatic rings. The Labute approximate surface area is 208 Å². The molecule has 2 amide bonds. The van der Waals surface area contributed by atoms with Crippen molar-refractivity contribution in [2.45, 2.75) is 57.9 Å². The van der Waals surface area contributed by atoms with Crippen LogP contribution in [-0.4, -0.2) is 31.7 Å². The van der Waals surface area contributed by atoms with Crippen molar-refractivity contribution >= 4 is 34.1 Å². The molecule has 1 aromatic heterocycles. The number of rotatable bonds is 6. The highest BCUT2D eigenvalue weighted by Crippen LogP contribution is 2.39. The molecule has 0 bridgehead atoms. The fourth-order valence-corrected chi connectivity index (χ4v) is 6.48. The number of carbonyl (C=O) groups excluding carboxylic acids is 3. The molecule has 0 radical (unpaired) electrons. The van der Waals surface area contributed by atoms with E-state index in [9.17, 15) is 14.4 Å². The second-order valence-corrected chi connectivity index (χ2v) is 10.5. The number of amides is 2. The lowest BCUT2D eigenvalue weighted by molar-refractivity contribution is -0.147. The number of methoxy groups -OCH3 is 1. The molecular weight excluding hydrogens is 468 g/mol. The molecule has 0 spiro atoms. The average Bonchev–Trinajstić information content (AvgIpc) is 3.50. The standard InChI is InChI=1S/C26H30N2O6S/c1-32-26(31)17-9-7-16(8-10-17)23(29)28-25-22(18-4-2-3-5-21(18)35-25)24(30)27-13-15-6-11-19-20(12-15)34-14-33-19/h6,11-12,16-17H,2-5,7-10,13-14H2,1H3,(H,27,30)(H,28,29). The van der Waals surface area contributed by atoms with Crippen LogP contribution in [0.15, 0.2) is 18.2 Å². The Bertz CT molecular complexity index is 1140. The lowest BCUT2D eigenvalue weighted by Crippen LogP contribution is -2.31. The summed E-state index contributed by atoms with van der Waals surface area (Å²) in [6.45, 7) is 0.560. The Morgan fingerprint density at radius 3 is 2.57 bits per heavy atom. The normalized spacial score (nSPS) is 20.6. The molecule has 2 aliphatic carbocycles. The summed E-state index contributed by atoms with van der Waals surface area (Å²) in [5, 5.41) is 6.74. The number of hydrogen-bond acceptors (Lipinski definition) is 7. The molecule has 5 rings (SSSR count). The number of benzene rings is 1. The van der Waals surface area contributed by atoms with E-state index in [4.69, 9.17) is 14.2 Å². The quantitative estimate of drug-likeness (QED) is 0.579. The summed E-state index contributed by atoms with van der Waals surface area (Å²) in [5.74, 6) is 0.645. The molecule has 35 heavy (non-hydrogen) atoms. The van der Waals surface area contributed by atoms with Crippen molar-refractivity contribution in [2.24, 2.45) is 11.8 Å². The van der Waals surface area contributed by atoms with Crippen molar-refractivity contribution < 1.29 is 28.6 Å². The van der Waals surface area contributed by atoms with E-state index < -0.39 is 0 Å². The fraction of sp³-hybridized carbons (Fsp3) is 0.500. The Morgan fingerprint density at radius 1 is 1.03 bits per heavy atom. The van der Waals surface area contributed by atoms with Gasteiger partial charge in [-0.2, -0.15) is 0 Å². The highest BCUT2D eigenvalue weighted by atomic mass is 32.1. The number of nitrogens with one attached hydrogen (secondary N) is 2. The molecule has 1 aliphatic heterocycles. The van der Waals surface area contributed by atoms with E-state index in [2.05, 4.69) is 10.6 Å². The molecule has 2 heterocycles. The van der Waals surface area contributed by atoms with Crippen LogP contribution in [0.4, 0.5) is 5.00 Å². The Kier molecular flexibility index (Phi) is 6.95. The summed E-state index contributed by atoms with van der Waals surface area (Å²) < 4.78 is 15.6. The zero-order chi connectivity index (χ0) is 24.4. The van der Waals surface area contributed by atoms with Crippen LogP contribution in [0.25, 0.3) is 0 Å². The lowest BCUT2D eigenvalue weighted by Gasteiger charge is -2.26. The first-order chi connectivity index (χ1) is 17.0. The number of aryl methyl sites for hydroxylation is 1. The molecule has 0 atom stereocenters. The van der Waals surface area contributed by atoms with Gasteiger partial charge in [0.05, 0.1) is 18.6 Å². The summed E-state index contributed by atoms with van der Waals surface area (Å²) in [6.07, 6.45) is 6.49.